The molecule has 0 aliphatic carbocycles. The van der Waals surface area contributed by atoms with E-state index in [0.717, 1.165) is 18.3 Å². The first-order valence-corrected chi connectivity index (χ1v) is 5.09. The SMILES string of the molecule is OC1(CNc2cc(C(F)(F)F)ccn2)CNC1. The molecule has 1 aliphatic heterocycles. The largest absolute Gasteiger partial charge is 0.416 e. The van der Waals surface area contributed by atoms with E-state index in [0.29, 0.717) is 13.1 Å². The topological polar surface area (TPSA) is 57.2 Å². The van der Waals surface area contributed by atoms with E-state index in [4.69, 9.17) is 0 Å². The quantitative estimate of drug-likeness (QED) is 0.741. The predicted molar refractivity (Wildman–Crippen MR) is 55.5 cm³/mol. The van der Waals surface area contributed by atoms with Crippen LogP contribution in [0.15, 0.2) is 18.3 Å². The molecule has 2 heterocycles. The molecule has 1 aromatic rings. The lowest BCUT2D eigenvalue weighted by Crippen LogP contribution is -2.63. The van der Waals surface area contributed by atoms with Crippen LogP contribution < -0.4 is 10.6 Å². The maximum atomic E-state index is 12.4. The Labute approximate surface area is 95.9 Å². The first kappa shape index (κ1) is 12.1. The van der Waals surface area contributed by atoms with Crippen LogP contribution in [0.4, 0.5) is 19.0 Å². The summed E-state index contributed by atoms with van der Waals surface area (Å²) in [5.74, 6) is 0.111. The Morgan fingerprint density at radius 3 is 2.71 bits per heavy atom. The molecule has 0 radical (unpaired) electrons. The van der Waals surface area contributed by atoms with Crippen molar-refractivity contribution in [2.75, 3.05) is 25.0 Å². The van der Waals surface area contributed by atoms with Gasteiger partial charge in [-0.1, -0.05) is 0 Å². The minimum absolute atomic E-state index is 0.111. The maximum absolute atomic E-state index is 12.4. The van der Waals surface area contributed by atoms with Gasteiger partial charge in [-0.3, -0.25) is 0 Å². The third kappa shape index (κ3) is 2.86. The number of nitrogens with one attached hydrogen (secondary N) is 2. The van der Waals surface area contributed by atoms with E-state index < -0.39 is 17.3 Å². The lowest BCUT2D eigenvalue weighted by Gasteiger charge is -2.37. The molecule has 0 atom stereocenters. The number of hydrogen-bond donors (Lipinski definition) is 3. The number of nitrogens with zero attached hydrogens (tertiary/aromatic N) is 1. The molecule has 0 aromatic carbocycles. The Hall–Kier alpha value is -1.34. The summed E-state index contributed by atoms with van der Waals surface area (Å²) in [5, 5.41) is 15.3. The average molecular weight is 247 g/mol. The van der Waals surface area contributed by atoms with Gasteiger partial charge in [-0.25, -0.2) is 4.98 Å². The van der Waals surface area contributed by atoms with Crippen molar-refractivity contribution in [2.24, 2.45) is 0 Å². The highest BCUT2D eigenvalue weighted by Gasteiger charge is 2.34. The van der Waals surface area contributed by atoms with Crippen LogP contribution in [-0.4, -0.2) is 35.3 Å². The van der Waals surface area contributed by atoms with E-state index in [1.807, 2.05) is 0 Å². The fourth-order valence-corrected chi connectivity index (χ4v) is 1.50. The van der Waals surface area contributed by atoms with Crippen molar-refractivity contribution in [3.05, 3.63) is 23.9 Å². The van der Waals surface area contributed by atoms with Gasteiger partial charge in [0, 0.05) is 25.8 Å². The molecular formula is C10H12F3N3O. The van der Waals surface area contributed by atoms with E-state index in [2.05, 4.69) is 15.6 Å². The molecule has 1 saturated heterocycles. The van der Waals surface area contributed by atoms with Crippen molar-refractivity contribution in [2.45, 2.75) is 11.8 Å². The second-order valence-electron chi connectivity index (χ2n) is 4.11. The van der Waals surface area contributed by atoms with Crippen LogP contribution in [0.2, 0.25) is 0 Å². The predicted octanol–water partition coefficient (Wildman–Crippen LogP) is 0.847. The van der Waals surface area contributed by atoms with Crippen molar-refractivity contribution in [1.82, 2.24) is 10.3 Å². The van der Waals surface area contributed by atoms with Crippen molar-refractivity contribution < 1.29 is 18.3 Å². The molecule has 4 nitrogen and oxygen atoms in total. The van der Waals surface area contributed by atoms with Gasteiger partial charge >= 0.3 is 6.18 Å². The number of aliphatic hydroxyl groups is 1. The Balaban J connectivity index is 2.01. The van der Waals surface area contributed by atoms with Crippen LogP contribution in [0.5, 0.6) is 0 Å². The summed E-state index contributed by atoms with van der Waals surface area (Å²) in [6.07, 6.45) is -3.29. The van der Waals surface area contributed by atoms with Crippen molar-refractivity contribution >= 4 is 5.82 Å². The van der Waals surface area contributed by atoms with Gasteiger partial charge in [0.2, 0.25) is 0 Å². The molecule has 94 valence electrons. The summed E-state index contributed by atoms with van der Waals surface area (Å²) >= 11 is 0. The van der Waals surface area contributed by atoms with Gasteiger partial charge in [0.25, 0.3) is 0 Å². The van der Waals surface area contributed by atoms with Crippen molar-refractivity contribution in [3.8, 4) is 0 Å². The number of halogens is 3. The molecule has 3 N–H and O–H groups in total. The molecule has 2 rings (SSSR count). The highest BCUT2D eigenvalue weighted by atomic mass is 19.4. The van der Waals surface area contributed by atoms with Gasteiger partial charge in [0.1, 0.15) is 11.4 Å². The molecule has 1 fully saturated rings. The summed E-state index contributed by atoms with van der Waals surface area (Å²) in [4.78, 5) is 3.77. The fraction of sp³-hybridized carbons (Fsp3) is 0.500. The summed E-state index contributed by atoms with van der Waals surface area (Å²) in [7, 11) is 0. The van der Waals surface area contributed by atoms with Crippen molar-refractivity contribution in [3.63, 3.8) is 0 Å². The van der Waals surface area contributed by atoms with E-state index in [-0.39, 0.29) is 12.4 Å². The van der Waals surface area contributed by atoms with Crippen LogP contribution in [-0.2, 0) is 6.18 Å². The number of alkyl halides is 3. The second-order valence-corrected chi connectivity index (χ2v) is 4.11. The maximum Gasteiger partial charge on any atom is 0.416 e. The molecule has 0 amide bonds. The molecule has 0 saturated carbocycles. The van der Waals surface area contributed by atoms with E-state index in [1.54, 1.807) is 0 Å². The molecule has 0 spiro atoms. The number of anilines is 1. The summed E-state index contributed by atoms with van der Waals surface area (Å²) in [6.45, 7) is 1.03. The number of β-amino-alcohol motifs (C(OH)–C–C–N with tert-alkyl or cyclic N) is 1. The number of aromatic nitrogens is 1. The molecule has 1 aliphatic rings. The third-order valence-electron chi connectivity index (χ3n) is 2.59. The fourth-order valence-electron chi connectivity index (χ4n) is 1.50. The summed E-state index contributed by atoms with van der Waals surface area (Å²) < 4.78 is 37.2. The molecule has 0 unspecified atom stereocenters. The van der Waals surface area contributed by atoms with Gasteiger partial charge in [-0.05, 0) is 12.1 Å². The van der Waals surface area contributed by atoms with E-state index in [9.17, 15) is 18.3 Å². The van der Waals surface area contributed by atoms with Crippen LogP contribution in [0.25, 0.3) is 0 Å². The van der Waals surface area contributed by atoms with Gasteiger partial charge in [0.05, 0.1) is 5.56 Å². The van der Waals surface area contributed by atoms with Gasteiger partial charge in [-0.2, -0.15) is 13.2 Å². The van der Waals surface area contributed by atoms with Crippen LogP contribution >= 0.6 is 0 Å². The zero-order valence-electron chi connectivity index (χ0n) is 8.88. The van der Waals surface area contributed by atoms with E-state index >= 15 is 0 Å². The number of pyridine rings is 1. The highest BCUT2D eigenvalue weighted by Crippen LogP contribution is 2.29. The van der Waals surface area contributed by atoms with Gasteiger partial charge in [-0.15, -0.1) is 0 Å². The van der Waals surface area contributed by atoms with Crippen LogP contribution in [0.3, 0.4) is 0 Å². The van der Waals surface area contributed by atoms with Gasteiger partial charge in [0.15, 0.2) is 0 Å². The minimum Gasteiger partial charge on any atom is -0.385 e. The van der Waals surface area contributed by atoms with E-state index in [1.165, 1.54) is 0 Å². The zero-order valence-corrected chi connectivity index (χ0v) is 8.88. The Morgan fingerprint density at radius 2 is 2.18 bits per heavy atom. The minimum atomic E-state index is -4.38. The van der Waals surface area contributed by atoms with Crippen molar-refractivity contribution in [1.29, 1.82) is 0 Å². The summed E-state index contributed by atoms with van der Waals surface area (Å²) in [6, 6.07) is 1.83. The smallest absolute Gasteiger partial charge is 0.385 e. The normalized spacial score (nSPS) is 18.6. The van der Waals surface area contributed by atoms with Gasteiger partial charge < -0.3 is 15.7 Å². The monoisotopic (exact) mass is 247 g/mol. The molecule has 7 heteroatoms. The third-order valence-corrected chi connectivity index (χ3v) is 2.59. The molecule has 1 aromatic heterocycles. The summed E-state index contributed by atoms with van der Waals surface area (Å²) in [5.41, 5.74) is -1.65. The number of hydrogen-bond acceptors (Lipinski definition) is 4. The molecule has 17 heavy (non-hydrogen) atoms. The lowest BCUT2D eigenvalue weighted by molar-refractivity contribution is -0.137. The Morgan fingerprint density at radius 1 is 1.47 bits per heavy atom. The van der Waals surface area contributed by atoms with Crippen LogP contribution in [0, 0.1) is 0 Å². The van der Waals surface area contributed by atoms with Crippen LogP contribution in [0.1, 0.15) is 5.56 Å². The Kier molecular flexibility index (Phi) is 2.96. The first-order chi connectivity index (χ1) is 7.89. The Bertz CT molecular complexity index is 404. The highest BCUT2D eigenvalue weighted by molar-refractivity contribution is 5.39. The second kappa shape index (κ2) is 4.15. The average Bonchev–Trinajstić information content (AvgIpc) is 2.23. The standard InChI is InChI=1S/C10H12F3N3O/c11-10(12,13)7-1-2-15-8(3-7)16-6-9(17)4-14-5-9/h1-3,14,17H,4-6H2,(H,15,16). The lowest BCUT2D eigenvalue weighted by atomic mass is 9.97. The first-order valence-electron chi connectivity index (χ1n) is 5.09. The number of rotatable bonds is 3. The zero-order chi connectivity index (χ0) is 12.5. The molecule has 0 bridgehead atoms. The molecular weight excluding hydrogens is 235 g/mol.